The van der Waals surface area contributed by atoms with Crippen LogP contribution in [0, 0.1) is 11.6 Å². The van der Waals surface area contributed by atoms with Crippen molar-refractivity contribution in [2.75, 3.05) is 0 Å². The summed E-state index contributed by atoms with van der Waals surface area (Å²) < 4.78 is 30.3. The maximum absolute atomic E-state index is 14.7. The Morgan fingerprint density at radius 2 is 2.00 bits per heavy atom. The molecule has 0 spiro atoms. The summed E-state index contributed by atoms with van der Waals surface area (Å²) in [6, 6.07) is 3.54. The molecule has 0 fully saturated rings. The Balaban J connectivity index is 1.89. The molecule has 0 saturated carbocycles. The first-order valence-electron chi connectivity index (χ1n) is 10.7. The highest BCUT2D eigenvalue weighted by Gasteiger charge is 2.32. The molecular formula is C24H28F2N6. The van der Waals surface area contributed by atoms with Gasteiger partial charge in [0.2, 0.25) is 0 Å². The van der Waals surface area contributed by atoms with Crippen LogP contribution in [0.3, 0.4) is 0 Å². The molecule has 0 amide bonds. The number of hydrogen-bond donors (Lipinski definition) is 1. The zero-order valence-corrected chi connectivity index (χ0v) is 18.9. The second kappa shape index (κ2) is 8.09. The number of aromatic nitrogens is 2. The van der Waals surface area contributed by atoms with Crippen molar-refractivity contribution in [1.29, 1.82) is 0 Å². The molecule has 2 aromatic rings. The van der Waals surface area contributed by atoms with E-state index in [1.807, 2.05) is 39.8 Å². The molecule has 0 aliphatic carbocycles. The Kier molecular flexibility index (Phi) is 5.58. The Bertz CT molecular complexity index is 1160. The monoisotopic (exact) mass is 438 g/mol. The minimum atomic E-state index is -0.766. The van der Waals surface area contributed by atoms with E-state index in [1.54, 1.807) is 5.01 Å². The fourth-order valence-corrected chi connectivity index (χ4v) is 3.95. The lowest BCUT2D eigenvalue weighted by molar-refractivity contribution is 0.493. The van der Waals surface area contributed by atoms with Gasteiger partial charge in [-0.15, -0.1) is 0 Å². The van der Waals surface area contributed by atoms with Gasteiger partial charge in [0.15, 0.2) is 0 Å². The summed E-state index contributed by atoms with van der Waals surface area (Å²) in [4.78, 5) is 9.41. The van der Waals surface area contributed by atoms with Gasteiger partial charge in [-0.3, -0.25) is 4.99 Å². The molecule has 0 saturated heterocycles. The zero-order valence-electron chi connectivity index (χ0n) is 18.9. The van der Waals surface area contributed by atoms with Gasteiger partial charge in [-0.25, -0.2) is 18.8 Å². The van der Waals surface area contributed by atoms with E-state index in [0.29, 0.717) is 28.6 Å². The number of nitrogens with zero attached hydrogens (tertiary/aromatic N) is 5. The summed E-state index contributed by atoms with van der Waals surface area (Å²) in [5.41, 5.74) is 8.26. The van der Waals surface area contributed by atoms with Gasteiger partial charge in [0.25, 0.3) is 0 Å². The normalized spacial score (nSPS) is 16.8. The first-order valence-corrected chi connectivity index (χ1v) is 10.7. The van der Waals surface area contributed by atoms with Gasteiger partial charge in [-0.05, 0) is 58.4 Å². The van der Waals surface area contributed by atoms with E-state index in [2.05, 4.69) is 11.1 Å². The van der Waals surface area contributed by atoms with Crippen molar-refractivity contribution < 1.29 is 8.78 Å². The Hall–Kier alpha value is -3.13. The lowest BCUT2D eigenvalue weighted by Crippen LogP contribution is -2.50. The second-order valence-corrected chi connectivity index (χ2v) is 8.99. The molecule has 2 N–H and O–H groups in total. The van der Waals surface area contributed by atoms with Crippen molar-refractivity contribution >= 4 is 11.5 Å². The predicted octanol–water partition coefficient (Wildman–Crippen LogP) is 4.41. The Morgan fingerprint density at radius 3 is 2.66 bits per heavy atom. The molecule has 1 aromatic carbocycles. The van der Waals surface area contributed by atoms with Gasteiger partial charge in [0.05, 0.1) is 16.9 Å². The molecule has 3 heterocycles. The van der Waals surface area contributed by atoms with Crippen LogP contribution in [0.2, 0.25) is 0 Å². The number of amidine groups is 1. The van der Waals surface area contributed by atoms with Crippen molar-refractivity contribution in [2.24, 2.45) is 15.8 Å². The third-order valence-corrected chi connectivity index (χ3v) is 5.33. The van der Waals surface area contributed by atoms with Gasteiger partial charge >= 0.3 is 0 Å². The molecule has 0 bridgehead atoms. The third-order valence-electron chi connectivity index (χ3n) is 5.33. The van der Waals surface area contributed by atoms with E-state index in [1.165, 1.54) is 12.1 Å². The quantitative estimate of drug-likeness (QED) is 0.568. The van der Waals surface area contributed by atoms with Crippen LogP contribution >= 0.6 is 0 Å². The predicted molar refractivity (Wildman–Crippen MR) is 123 cm³/mol. The van der Waals surface area contributed by atoms with Crippen molar-refractivity contribution in [3.05, 3.63) is 65.8 Å². The molecule has 168 valence electrons. The van der Waals surface area contributed by atoms with Gasteiger partial charge in [0, 0.05) is 30.6 Å². The second-order valence-electron chi connectivity index (χ2n) is 8.99. The maximum atomic E-state index is 14.7. The standard InChI is InChI=1S/C24H28F2N6/c1-14(2)28-23(24(4,5)27)32-15(3)8-11-19(30-32)22-21(29-20-7-6-12-31(20)22)17-10-9-16(25)13-18(17)26/h8-11,13-14H,3,6-7,12,27H2,1-2,4-5H3. The lowest BCUT2D eigenvalue weighted by Gasteiger charge is -2.32. The number of allylic oxidation sites excluding steroid dienone is 2. The molecule has 6 nitrogen and oxygen atoms in total. The van der Waals surface area contributed by atoms with E-state index in [-0.39, 0.29) is 11.6 Å². The fraction of sp³-hybridized carbons (Fsp3) is 0.375. The van der Waals surface area contributed by atoms with Crippen LogP contribution in [0.15, 0.2) is 52.7 Å². The van der Waals surface area contributed by atoms with Crippen LogP contribution in [0.1, 0.15) is 45.6 Å². The number of benzene rings is 1. The minimum absolute atomic E-state index is 0.00765. The zero-order chi connectivity index (χ0) is 23.2. The first kappa shape index (κ1) is 22.1. The largest absolute Gasteiger partial charge is 0.326 e. The summed E-state index contributed by atoms with van der Waals surface area (Å²) in [6.45, 7) is 12.5. The van der Waals surface area contributed by atoms with Gasteiger partial charge in [-0.2, -0.15) is 5.10 Å². The molecular weight excluding hydrogens is 410 g/mol. The Labute approximate surface area is 186 Å². The topological polar surface area (TPSA) is 71.8 Å². The number of hydrogen-bond acceptors (Lipinski definition) is 4. The number of hydrazone groups is 1. The van der Waals surface area contributed by atoms with E-state index >= 15 is 0 Å². The Morgan fingerprint density at radius 1 is 1.25 bits per heavy atom. The molecule has 1 aromatic heterocycles. The van der Waals surface area contributed by atoms with Crippen molar-refractivity contribution in [3.8, 4) is 11.3 Å². The molecule has 0 unspecified atom stereocenters. The summed E-state index contributed by atoms with van der Waals surface area (Å²) in [5, 5.41) is 6.48. The van der Waals surface area contributed by atoms with Crippen molar-refractivity contribution in [1.82, 2.24) is 14.6 Å². The maximum Gasteiger partial charge on any atom is 0.145 e. The summed E-state index contributed by atoms with van der Waals surface area (Å²) in [6.07, 6.45) is 5.41. The molecule has 32 heavy (non-hydrogen) atoms. The van der Waals surface area contributed by atoms with Crippen LogP contribution in [-0.4, -0.2) is 37.7 Å². The average Bonchev–Trinajstić information content (AvgIpc) is 3.27. The molecule has 8 heteroatoms. The number of imidazole rings is 1. The molecule has 2 aliphatic heterocycles. The average molecular weight is 439 g/mol. The first-order chi connectivity index (χ1) is 15.1. The van der Waals surface area contributed by atoms with Crippen LogP contribution in [0.4, 0.5) is 8.78 Å². The van der Waals surface area contributed by atoms with E-state index < -0.39 is 17.2 Å². The lowest BCUT2D eigenvalue weighted by atomic mass is 10.0. The number of aliphatic imine (C=N–C) groups is 1. The van der Waals surface area contributed by atoms with Gasteiger partial charge < -0.3 is 10.3 Å². The minimum Gasteiger partial charge on any atom is -0.326 e. The highest BCUT2D eigenvalue weighted by atomic mass is 19.1. The number of halogens is 2. The third kappa shape index (κ3) is 4.02. The van der Waals surface area contributed by atoms with Crippen LogP contribution in [0.25, 0.3) is 11.3 Å². The fourth-order valence-electron chi connectivity index (χ4n) is 3.95. The highest BCUT2D eigenvalue weighted by Crippen LogP contribution is 2.32. The van der Waals surface area contributed by atoms with Crippen LogP contribution < -0.4 is 5.73 Å². The van der Waals surface area contributed by atoms with E-state index in [9.17, 15) is 8.78 Å². The van der Waals surface area contributed by atoms with Crippen LogP contribution in [-0.2, 0) is 13.0 Å². The molecule has 2 aliphatic rings. The van der Waals surface area contributed by atoms with E-state index in [0.717, 1.165) is 31.3 Å². The van der Waals surface area contributed by atoms with Crippen molar-refractivity contribution in [3.63, 3.8) is 0 Å². The smallest absolute Gasteiger partial charge is 0.145 e. The number of fused-ring (bicyclic) bond motifs is 1. The summed E-state index contributed by atoms with van der Waals surface area (Å²) in [7, 11) is 0. The molecule has 0 atom stereocenters. The summed E-state index contributed by atoms with van der Waals surface area (Å²) in [5.74, 6) is 0.155. The summed E-state index contributed by atoms with van der Waals surface area (Å²) >= 11 is 0. The van der Waals surface area contributed by atoms with E-state index in [4.69, 9.17) is 20.8 Å². The highest BCUT2D eigenvalue weighted by molar-refractivity contribution is 6.13. The number of aryl methyl sites for hydroxylation is 1. The number of rotatable bonds is 4. The molecule has 0 radical (unpaired) electrons. The number of nitrogens with two attached hydrogens (primary N) is 1. The van der Waals surface area contributed by atoms with Crippen LogP contribution in [0.5, 0.6) is 0 Å². The van der Waals surface area contributed by atoms with Gasteiger partial charge in [-0.1, -0.05) is 6.58 Å². The van der Waals surface area contributed by atoms with Gasteiger partial charge in [0.1, 0.15) is 34.7 Å². The van der Waals surface area contributed by atoms with Crippen molar-refractivity contribution in [2.45, 2.75) is 58.7 Å². The molecule has 4 rings (SSSR count). The SMILES string of the molecule is C=C1C=CC(c2c(-c3ccc(F)cc3F)nc3n2CCC3)=NN1C(=NC(C)C)C(C)(C)N.